The molecule has 8 rings (SSSR count). The van der Waals surface area contributed by atoms with Crippen LogP contribution in [-0.4, -0.2) is 4.98 Å². The quantitative estimate of drug-likeness (QED) is 0.214. The molecule has 0 radical (unpaired) electrons. The zero-order valence-electron chi connectivity index (χ0n) is 24.2. The van der Waals surface area contributed by atoms with Gasteiger partial charge < -0.3 is 9.88 Å². The SMILES string of the molecule is c1ccc(-c2ccccc2N(c2ccccc2-c2ccccc2)c2ccccc2-c2cccc3c2[nH]c2ccccc23)cc1. The molecule has 0 aliphatic rings. The molecule has 0 aliphatic carbocycles. The zero-order valence-corrected chi connectivity index (χ0v) is 24.2. The van der Waals surface area contributed by atoms with Crippen LogP contribution in [0.1, 0.15) is 0 Å². The predicted molar refractivity (Wildman–Crippen MR) is 187 cm³/mol. The van der Waals surface area contributed by atoms with Gasteiger partial charge >= 0.3 is 0 Å². The minimum absolute atomic E-state index is 1.12. The molecule has 0 atom stereocenters. The molecule has 0 bridgehead atoms. The molecule has 1 aromatic heterocycles. The molecule has 0 fully saturated rings. The topological polar surface area (TPSA) is 19.0 Å². The first kappa shape index (κ1) is 25.8. The molecule has 44 heavy (non-hydrogen) atoms. The zero-order chi connectivity index (χ0) is 29.3. The normalized spacial score (nSPS) is 11.2. The van der Waals surface area contributed by atoms with Gasteiger partial charge in [-0.1, -0.05) is 152 Å². The number of hydrogen-bond donors (Lipinski definition) is 1. The summed E-state index contributed by atoms with van der Waals surface area (Å²) < 4.78 is 0. The molecule has 0 unspecified atom stereocenters. The average molecular weight is 563 g/mol. The second-order valence-corrected chi connectivity index (χ2v) is 11.0. The first-order valence-corrected chi connectivity index (χ1v) is 15.0. The summed E-state index contributed by atoms with van der Waals surface area (Å²) in [5, 5.41) is 2.47. The third-order valence-corrected chi connectivity index (χ3v) is 8.44. The van der Waals surface area contributed by atoms with E-state index in [-0.39, 0.29) is 0 Å². The smallest absolute Gasteiger partial charge is 0.0545 e. The molecule has 2 nitrogen and oxygen atoms in total. The standard InChI is InChI=1S/C42H30N2/c1-3-16-30(17-4-1)32-20-8-12-27-39(32)44(40-28-13-9-21-33(40)31-18-5-2-6-19-31)41-29-14-10-23-35(41)37-25-15-24-36-34-22-7-11-26-38(34)43-42(36)37/h1-29,43H. The first-order chi connectivity index (χ1) is 21.9. The number of anilines is 3. The second kappa shape index (κ2) is 11.1. The molecule has 0 amide bonds. The number of fused-ring (bicyclic) bond motifs is 3. The van der Waals surface area contributed by atoms with Gasteiger partial charge in [-0.25, -0.2) is 0 Å². The van der Waals surface area contributed by atoms with Crippen LogP contribution in [0.4, 0.5) is 17.1 Å². The van der Waals surface area contributed by atoms with Crippen molar-refractivity contribution < 1.29 is 0 Å². The van der Waals surface area contributed by atoms with Gasteiger partial charge in [0.2, 0.25) is 0 Å². The van der Waals surface area contributed by atoms with Gasteiger partial charge in [0, 0.05) is 38.5 Å². The minimum Gasteiger partial charge on any atom is -0.354 e. The molecule has 0 saturated carbocycles. The summed E-state index contributed by atoms with van der Waals surface area (Å²) in [5.74, 6) is 0. The van der Waals surface area contributed by atoms with Crippen molar-refractivity contribution in [2.45, 2.75) is 0 Å². The van der Waals surface area contributed by atoms with E-state index < -0.39 is 0 Å². The van der Waals surface area contributed by atoms with Crippen LogP contribution in [-0.2, 0) is 0 Å². The van der Waals surface area contributed by atoms with Crippen molar-refractivity contribution in [2.75, 3.05) is 4.90 Å². The van der Waals surface area contributed by atoms with E-state index >= 15 is 0 Å². The number of rotatable bonds is 6. The van der Waals surface area contributed by atoms with Gasteiger partial charge in [-0.05, 0) is 35.4 Å². The van der Waals surface area contributed by atoms with E-state index in [9.17, 15) is 0 Å². The Kier molecular flexibility index (Phi) is 6.51. The molecule has 2 heteroatoms. The van der Waals surface area contributed by atoms with Crippen LogP contribution in [0.3, 0.4) is 0 Å². The maximum Gasteiger partial charge on any atom is 0.0545 e. The van der Waals surface area contributed by atoms with E-state index in [1.807, 2.05) is 0 Å². The van der Waals surface area contributed by atoms with E-state index in [0.29, 0.717) is 0 Å². The van der Waals surface area contributed by atoms with Crippen LogP contribution in [0.25, 0.3) is 55.2 Å². The third kappa shape index (κ3) is 4.45. The number of benzene rings is 7. The molecular weight excluding hydrogens is 532 g/mol. The first-order valence-electron chi connectivity index (χ1n) is 15.0. The number of hydrogen-bond acceptors (Lipinski definition) is 1. The molecule has 1 N–H and O–H groups in total. The lowest BCUT2D eigenvalue weighted by Gasteiger charge is -2.31. The van der Waals surface area contributed by atoms with Crippen molar-refractivity contribution >= 4 is 38.9 Å². The van der Waals surface area contributed by atoms with Crippen molar-refractivity contribution in [2.24, 2.45) is 0 Å². The van der Waals surface area contributed by atoms with Crippen molar-refractivity contribution in [1.82, 2.24) is 4.98 Å². The summed E-state index contributed by atoms with van der Waals surface area (Å²) in [6.07, 6.45) is 0. The number of H-pyrrole nitrogens is 1. The Morgan fingerprint density at radius 3 is 1.36 bits per heavy atom. The Bertz CT molecular complexity index is 2150. The molecule has 8 aromatic rings. The summed E-state index contributed by atoms with van der Waals surface area (Å²) in [5.41, 5.74) is 12.7. The van der Waals surface area contributed by atoms with Gasteiger partial charge in [0.05, 0.1) is 22.6 Å². The lowest BCUT2D eigenvalue weighted by molar-refractivity contribution is 1.28. The Morgan fingerprint density at radius 2 is 0.750 bits per heavy atom. The molecule has 0 aliphatic heterocycles. The van der Waals surface area contributed by atoms with Gasteiger partial charge in [-0.15, -0.1) is 0 Å². The number of aromatic nitrogens is 1. The van der Waals surface area contributed by atoms with E-state index in [2.05, 4.69) is 186 Å². The molecular formula is C42H30N2. The molecule has 7 aromatic carbocycles. The fourth-order valence-corrected chi connectivity index (χ4v) is 6.44. The lowest BCUT2D eigenvalue weighted by Crippen LogP contribution is -2.13. The monoisotopic (exact) mass is 562 g/mol. The summed E-state index contributed by atoms with van der Waals surface area (Å²) >= 11 is 0. The highest BCUT2D eigenvalue weighted by molar-refractivity contribution is 6.13. The van der Waals surface area contributed by atoms with Crippen LogP contribution in [0.5, 0.6) is 0 Å². The highest BCUT2D eigenvalue weighted by Gasteiger charge is 2.23. The van der Waals surface area contributed by atoms with E-state index in [4.69, 9.17) is 0 Å². The fraction of sp³-hybridized carbons (Fsp3) is 0. The maximum absolute atomic E-state index is 3.75. The Balaban J connectivity index is 1.44. The number of aromatic amines is 1. The summed E-state index contributed by atoms with van der Waals surface area (Å²) in [6.45, 7) is 0. The molecule has 0 spiro atoms. The fourth-order valence-electron chi connectivity index (χ4n) is 6.44. The van der Waals surface area contributed by atoms with E-state index in [1.54, 1.807) is 0 Å². The van der Waals surface area contributed by atoms with Crippen LogP contribution < -0.4 is 4.90 Å². The summed E-state index contributed by atoms with van der Waals surface area (Å²) in [4.78, 5) is 6.19. The second-order valence-electron chi connectivity index (χ2n) is 11.0. The van der Waals surface area contributed by atoms with Crippen molar-refractivity contribution in [3.05, 3.63) is 176 Å². The van der Waals surface area contributed by atoms with Gasteiger partial charge in [0.1, 0.15) is 0 Å². The highest BCUT2D eigenvalue weighted by atomic mass is 15.1. The number of nitrogens with one attached hydrogen (secondary N) is 1. The van der Waals surface area contributed by atoms with E-state index in [0.717, 1.165) is 33.7 Å². The molecule has 208 valence electrons. The minimum atomic E-state index is 1.12. The highest BCUT2D eigenvalue weighted by Crippen LogP contribution is 2.48. The van der Waals surface area contributed by atoms with Gasteiger partial charge in [-0.2, -0.15) is 0 Å². The maximum atomic E-state index is 3.75. The Morgan fingerprint density at radius 1 is 0.318 bits per heavy atom. The summed E-state index contributed by atoms with van der Waals surface area (Å²) in [6, 6.07) is 62.8. The Labute approximate surface area is 257 Å². The Hall–Kier alpha value is -5.86. The van der Waals surface area contributed by atoms with Crippen LogP contribution in [0, 0.1) is 0 Å². The number of nitrogens with zero attached hydrogens (tertiary/aromatic N) is 1. The van der Waals surface area contributed by atoms with Crippen LogP contribution >= 0.6 is 0 Å². The molecule has 1 heterocycles. The van der Waals surface area contributed by atoms with E-state index in [1.165, 1.54) is 38.6 Å². The van der Waals surface area contributed by atoms with Crippen molar-refractivity contribution in [1.29, 1.82) is 0 Å². The van der Waals surface area contributed by atoms with Crippen molar-refractivity contribution in [3.8, 4) is 33.4 Å². The predicted octanol–water partition coefficient (Wildman–Crippen LogP) is 11.8. The van der Waals surface area contributed by atoms with Crippen molar-refractivity contribution in [3.63, 3.8) is 0 Å². The lowest BCUT2D eigenvalue weighted by atomic mass is 9.96. The third-order valence-electron chi connectivity index (χ3n) is 8.44. The van der Waals surface area contributed by atoms with Gasteiger partial charge in [0.15, 0.2) is 0 Å². The summed E-state index contributed by atoms with van der Waals surface area (Å²) in [7, 11) is 0. The number of para-hydroxylation sites is 5. The van der Waals surface area contributed by atoms with Gasteiger partial charge in [0.25, 0.3) is 0 Å². The molecule has 0 saturated heterocycles. The van der Waals surface area contributed by atoms with Crippen LogP contribution in [0.2, 0.25) is 0 Å². The average Bonchev–Trinajstić information content (AvgIpc) is 3.49. The van der Waals surface area contributed by atoms with Gasteiger partial charge in [-0.3, -0.25) is 0 Å². The largest absolute Gasteiger partial charge is 0.354 e. The van der Waals surface area contributed by atoms with Crippen LogP contribution in [0.15, 0.2) is 176 Å².